The number of pyridine rings is 1. The fourth-order valence-corrected chi connectivity index (χ4v) is 1.21. The molecule has 1 aromatic heterocycles. The van der Waals surface area contributed by atoms with Gasteiger partial charge in [0.25, 0.3) is 11.8 Å². The van der Waals surface area contributed by atoms with E-state index < -0.39 is 0 Å². The Balaban J connectivity index is 2.74. The summed E-state index contributed by atoms with van der Waals surface area (Å²) in [6, 6.07) is 3.24. The first-order chi connectivity index (χ1) is 8.08. The first-order valence-corrected chi connectivity index (χ1v) is 5.57. The Hall–Kier alpha value is -1.91. The van der Waals surface area contributed by atoms with E-state index in [0.717, 1.165) is 6.42 Å². The molecule has 17 heavy (non-hydrogen) atoms. The van der Waals surface area contributed by atoms with E-state index in [1.54, 1.807) is 19.2 Å². The molecule has 0 saturated heterocycles. The van der Waals surface area contributed by atoms with Crippen molar-refractivity contribution >= 4 is 11.8 Å². The van der Waals surface area contributed by atoms with Gasteiger partial charge < -0.3 is 10.6 Å². The molecule has 2 N–H and O–H groups in total. The van der Waals surface area contributed by atoms with E-state index >= 15 is 0 Å². The molecule has 1 unspecified atom stereocenters. The normalized spacial score (nSPS) is 11.7. The van der Waals surface area contributed by atoms with Crippen LogP contribution in [0.2, 0.25) is 0 Å². The molecule has 0 fully saturated rings. The van der Waals surface area contributed by atoms with Crippen LogP contribution in [0, 0.1) is 0 Å². The number of nitrogens with zero attached hydrogens (tertiary/aromatic N) is 1. The van der Waals surface area contributed by atoms with E-state index in [-0.39, 0.29) is 17.9 Å². The van der Waals surface area contributed by atoms with Crippen molar-refractivity contribution in [3.63, 3.8) is 0 Å². The summed E-state index contributed by atoms with van der Waals surface area (Å²) in [6.07, 6.45) is 2.26. The quantitative estimate of drug-likeness (QED) is 0.816. The van der Waals surface area contributed by atoms with Crippen LogP contribution in [0.4, 0.5) is 0 Å². The maximum Gasteiger partial charge on any atom is 0.270 e. The number of nitrogens with one attached hydrogen (secondary N) is 2. The van der Waals surface area contributed by atoms with E-state index in [4.69, 9.17) is 0 Å². The molecular formula is C12H17N3O2. The summed E-state index contributed by atoms with van der Waals surface area (Å²) >= 11 is 0. The standard InChI is InChI=1S/C12H17N3O2/c1-4-8(2)15-12(17)10-6-5-9(7-14-10)11(16)13-3/h5-8H,4H2,1-3H3,(H,13,16)(H,15,17). The second kappa shape index (κ2) is 5.98. The molecule has 1 rings (SSSR count). The van der Waals surface area contributed by atoms with Crippen LogP contribution in [0.5, 0.6) is 0 Å². The lowest BCUT2D eigenvalue weighted by Gasteiger charge is -2.10. The smallest absolute Gasteiger partial charge is 0.270 e. The van der Waals surface area contributed by atoms with Crippen LogP contribution >= 0.6 is 0 Å². The van der Waals surface area contributed by atoms with Crippen LogP contribution < -0.4 is 10.6 Å². The first kappa shape index (κ1) is 13.2. The fourth-order valence-electron chi connectivity index (χ4n) is 1.21. The maximum atomic E-state index is 11.7. The lowest BCUT2D eigenvalue weighted by atomic mass is 10.2. The molecule has 0 aliphatic rings. The van der Waals surface area contributed by atoms with Gasteiger partial charge in [0.1, 0.15) is 5.69 Å². The summed E-state index contributed by atoms with van der Waals surface area (Å²) in [5.41, 5.74) is 0.755. The minimum absolute atomic E-state index is 0.114. The Labute approximate surface area is 101 Å². The topological polar surface area (TPSA) is 71.1 Å². The summed E-state index contributed by atoms with van der Waals surface area (Å²) < 4.78 is 0. The van der Waals surface area contributed by atoms with Gasteiger partial charge in [-0.3, -0.25) is 14.6 Å². The summed E-state index contributed by atoms with van der Waals surface area (Å²) in [7, 11) is 1.55. The van der Waals surface area contributed by atoms with Gasteiger partial charge in [0.2, 0.25) is 0 Å². The zero-order valence-electron chi connectivity index (χ0n) is 10.3. The van der Waals surface area contributed by atoms with Crippen molar-refractivity contribution in [2.45, 2.75) is 26.3 Å². The van der Waals surface area contributed by atoms with Gasteiger partial charge in [-0.2, -0.15) is 0 Å². The highest BCUT2D eigenvalue weighted by molar-refractivity contribution is 5.96. The van der Waals surface area contributed by atoms with Gasteiger partial charge in [0.05, 0.1) is 5.56 Å². The summed E-state index contributed by atoms with van der Waals surface area (Å²) in [4.78, 5) is 26.9. The van der Waals surface area contributed by atoms with Gasteiger partial charge in [-0.15, -0.1) is 0 Å². The van der Waals surface area contributed by atoms with Crippen LogP contribution in [0.25, 0.3) is 0 Å². The monoisotopic (exact) mass is 235 g/mol. The number of hydrogen-bond acceptors (Lipinski definition) is 3. The fraction of sp³-hybridized carbons (Fsp3) is 0.417. The molecule has 1 aromatic rings. The van der Waals surface area contributed by atoms with E-state index in [1.165, 1.54) is 6.20 Å². The molecule has 5 heteroatoms. The highest BCUT2D eigenvalue weighted by Crippen LogP contribution is 2.01. The van der Waals surface area contributed by atoms with Gasteiger partial charge in [-0.25, -0.2) is 0 Å². The molecule has 0 aliphatic carbocycles. The molecule has 0 radical (unpaired) electrons. The molecule has 1 atom stereocenters. The molecule has 0 spiro atoms. The predicted octanol–water partition coefficient (Wildman–Crippen LogP) is 0.970. The molecule has 2 amide bonds. The number of amides is 2. The number of aromatic nitrogens is 1. The first-order valence-electron chi connectivity index (χ1n) is 5.57. The van der Waals surface area contributed by atoms with Gasteiger partial charge in [0.15, 0.2) is 0 Å². The molecular weight excluding hydrogens is 218 g/mol. The molecule has 5 nitrogen and oxygen atoms in total. The molecule has 0 saturated carbocycles. The third kappa shape index (κ3) is 3.55. The van der Waals surface area contributed by atoms with Crippen molar-refractivity contribution in [3.8, 4) is 0 Å². The highest BCUT2D eigenvalue weighted by Gasteiger charge is 2.10. The summed E-state index contributed by atoms with van der Waals surface area (Å²) in [5, 5.41) is 5.30. The van der Waals surface area contributed by atoms with Crippen molar-refractivity contribution in [1.29, 1.82) is 0 Å². The SMILES string of the molecule is CCC(C)NC(=O)c1ccc(C(=O)NC)cn1. The predicted molar refractivity (Wildman–Crippen MR) is 64.8 cm³/mol. The minimum Gasteiger partial charge on any atom is -0.355 e. The average Bonchev–Trinajstić information content (AvgIpc) is 2.37. The highest BCUT2D eigenvalue weighted by atomic mass is 16.2. The van der Waals surface area contributed by atoms with Gasteiger partial charge >= 0.3 is 0 Å². The van der Waals surface area contributed by atoms with Crippen molar-refractivity contribution in [2.75, 3.05) is 7.05 Å². The van der Waals surface area contributed by atoms with Crippen LogP contribution in [-0.2, 0) is 0 Å². The van der Waals surface area contributed by atoms with Crippen molar-refractivity contribution in [3.05, 3.63) is 29.6 Å². The summed E-state index contributed by atoms with van der Waals surface area (Å²) in [5.74, 6) is -0.436. The van der Waals surface area contributed by atoms with E-state index in [2.05, 4.69) is 15.6 Å². The Morgan fingerprint density at radius 2 is 2.06 bits per heavy atom. The Bertz CT molecular complexity index is 401. The zero-order chi connectivity index (χ0) is 12.8. The molecule has 1 heterocycles. The molecule has 92 valence electrons. The van der Waals surface area contributed by atoms with E-state index in [1.807, 2.05) is 13.8 Å². The maximum absolute atomic E-state index is 11.7. The van der Waals surface area contributed by atoms with E-state index in [9.17, 15) is 9.59 Å². The number of rotatable bonds is 4. The van der Waals surface area contributed by atoms with Gasteiger partial charge in [-0.05, 0) is 25.5 Å². The number of hydrogen-bond donors (Lipinski definition) is 2. The Morgan fingerprint density at radius 1 is 1.35 bits per heavy atom. The van der Waals surface area contributed by atoms with Crippen molar-refractivity contribution in [1.82, 2.24) is 15.6 Å². The van der Waals surface area contributed by atoms with Gasteiger partial charge in [-0.1, -0.05) is 6.92 Å². The molecule has 0 aliphatic heterocycles. The minimum atomic E-state index is -0.220. The Morgan fingerprint density at radius 3 is 2.53 bits per heavy atom. The number of carbonyl (C=O) groups is 2. The largest absolute Gasteiger partial charge is 0.355 e. The second-order valence-electron chi connectivity index (χ2n) is 3.79. The van der Waals surface area contributed by atoms with Crippen molar-refractivity contribution < 1.29 is 9.59 Å². The number of carbonyl (C=O) groups excluding carboxylic acids is 2. The van der Waals surface area contributed by atoms with Crippen LogP contribution in [-0.4, -0.2) is 29.9 Å². The van der Waals surface area contributed by atoms with Gasteiger partial charge in [0, 0.05) is 19.3 Å². The average molecular weight is 235 g/mol. The zero-order valence-corrected chi connectivity index (χ0v) is 10.3. The Kier molecular flexibility index (Phi) is 4.63. The second-order valence-corrected chi connectivity index (χ2v) is 3.79. The van der Waals surface area contributed by atoms with E-state index in [0.29, 0.717) is 11.3 Å². The molecule has 0 bridgehead atoms. The van der Waals surface area contributed by atoms with Crippen molar-refractivity contribution in [2.24, 2.45) is 0 Å². The lowest BCUT2D eigenvalue weighted by Crippen LogP contribution is -2.32. The molecule has 0 aromatic carbocycles. The van der Waals surface area contributed by atoms with Crippen LogP contribution in [0.3, 0.4) is 0 Å². The van der Waals surface area contributed by atoms with Crippen LogP contribution in [0.1, 0.15) is 41.1 Å². The third-order valence-corrected chi connectivity index (χ3v) is 2.48. The van der Waals surface area contributed by atoms with Crippen LogP contribution in [0.15, 0.2) is 18.3 Å². The lowest BCUT2D eigenvalue weighted by molar-refractivity contribution is 0.0929. The summed E-state index contributed by atoms with van der Waals surface area (Å²) in [6.45, 7) is 3.92. The third-order valence-electron chi connectivity index (χ3n) is 2.48.